The van der Waals surface area contributed by atoms with Gasteiger partial charge in [0.15, 0.2) is 0 Å². The third kappa shape index (κ3) is 1.59. The first-order chi connectivity index (χ1) is 10.2. The van der Waals surface area contributed by atoms with Gasteiger partial charge in [0.05, 0.1) is 10.7 Å². The Morgan fingerprint density at radius 1 is 1.05 bits per heavy atom. The summed E-state index contributed by atoms with van der Waals surface area (Å²) in [5.41, 5.74) is 1.13. The van der Waals surface area contributed by atoms with Crippen molar-refractivity contribution < 1.29 is 0 Å². The van der Waals surface area contributed by atoms with Gasteiger partial charge in [0.1, 0.15) is 0 Å². The minimum atomic E-state index is 1.05. The minimum absolute atomic E-state index is 1.05. The van der Waals surface area contributed by atoms with Crippen LogP contribution >= 0.6 is 0 Å². The third-order valence-electron chi connectivity index (χ3n) is 4.49. The topological polar surface area (TPSA) is 20.7 Å². The van der Waals surface area contributed by atoms with E-state index in [0.717, 1.165) is 39.5 Å². The second-order valence-electron chi connectivity index (χ2n) is 5.69. The molecule has 2 heterocycles. The monoisotopic (exact) mass is 274 g/mol. The van der Waals surface area contributed by atoms with Gasteiger partial charge in [0.25, 0.3) is 0 Å². The number of nitrogens with zero attached hydrogens (tertiary/aromatic N) is 1. The molecule has 4 rings (SSSR count). The van der Waals surface area contributed by atoms with Crippen molar-refractivity contribution >= 4 is 36.2 Å². The van der Waals surface area contributed by atoms with Gasteiger partial charge in [-0.1, -0.05) is 43.5 Å². The van der Waals surface area contributed by atoms with E-state index in [1.807, 2.05) is 6.07 Å². The molecule has 0 radical (unpaired) electrons. The fourth-order valence-corrected chi connectivity index (χ4v) is 3.43. The summed E-state index contributed by atoms with van der Waals surface area (Å²) in [5.74, 6) is 0. The summed E-state index contributed by atoms with van der Waals surface area (Å²) in [4.78, 5) is 3.52. The molecule has 2 heteroatoms. The van der Waals surface area contributed by atoms with E-state index in [4.69, 9.17) is 0 Å². The molecule has 2 nitrogen and oxygen atoms in total. The number of H-pyrrole nitrogens is 1. The lowest BCUT2D eigenvalue weighted by Gasteiger charge is -1.97. The van der Waals surface area contributed by atoms with Crippen LogP contribution in [0.4, 0.5) is 0 Å². The molecule has 3 aromatic rings. The molecule has 0 bridgehead atoms. The zero-order chi connectivity index (χ0) is 14.6. The molecule has 0 atom stereocenters. The second kappa shape index (κ2) is 4.26. The highest BCUT2D eigenvalue weighted by Gasteiger charge is 2.05. The molecule has 0 fully saturated rings. The fourth-order valence-electron chi connectivity index (χ4n) is 3.43. The molecule has 0 saturated carbocycles. The average molecular weight is 274 g/mol. The van der Waals surface area contributed by atoms with E-state index < -0.39 is 0 Å². The number of rotatable bonds is 0. The SMILES string of the molecule is C=c1c2c(n(C)/c1=c1/[nH]c3ccccc3c1=C)=CCCC=2. The van der Waals surface area contributed by atoms with Crippen molar-refractivity contribution in [2.75, 3.05) is 0 Å². The maximum atomic E-state index is 4.32. The molecule has 0 spiro atoms. The van der Waals surface area contributed by atoms with Crippen LogP contribution < -0.4 is 21.0 Å². The van der Waals surface area contributed by atoms with Crippen molar-refractivity contribution in [2.45, 2.75) is 12.8 Å². The second-order valence-corrected chi connectivity index (χ2v) is 5.69. The van der Waals surface area contributed by atoms with Gasteiger partial charge in [-0.2, -0.15) is 0 Å². The number of hydrogen-bond acceptors (Lipinski definition) is 0. The van der Waals surface area contributed by atoms with Crippen LogP contribution in [-0.4, -0.2) is 9.55 Å². The number of hydrogen-bond donors (Lipinski definition) is 1. The Balaban J connectivity index is 2.41. The summed E-state index contributed by atoms with van der Waals surface area (Å²) in [6, 6.07) is 8.31. The molecule has 2 aromatic heterocycles. The largest absolute Gasteiger partial charge is 0.353 e. The Hall–Kier alpha value is -2.48. The van der Waals surface area contributed by atoms with Crippen molar-refractivity contribution in [2.24, 2.45) is 7.05 Å². The van der Waals surface area contributed by atoms with E-state index in [1.54, 1.807) is 0 Å². The van der Waals surface area contributed by atoms with Gasteiger partial charge in [0, 0.05) is 39.0 Å². The van der Waals surface area contributed by atoms with Crippen molar-refractivity contribution in [3.8, 4) is 0 Å². The van der Waals surface area contributed by atoms with Crippen LogP contribution in [0.5, 0.6) is 0 Å². The highest BCUT2D eigenvalue weighted by Crippen LogP contribution is 2.06. The molecule has 104 valence electrons. The number of benzene rings is 1. The first-order valence-corrected chi connectivity index (χ1v) is 7.32. The van der Waals surface area contributed by atoms with Gasteiger partial charge in [-0.15, -0.1) is 0 Å². The quantitative estimate of drug-likeness (QED) is 0.631. The Bertz CT molecular complexity index is 1170. The van der Waals surface area contributed by atoms with E-state index in [2.05, 4.69) is 60.1 Å². The molecule has 0 unspecified atom stereocenters. The number of aromatic amines is 1. The molecule has 1 aliphatic carbocycles. The normalized spacial score (nSPS) is 15.5. The Morgan fingerprint density at radius 3 is 2.57 bits per heavy atom. The lowest BCUT2D eigenvalue weighted by molar-refractivity contribution is 0.841. The molecule has 0 amide bonds. The summed E-state index contributed by atoms with van der Waals surface area (Å²) in [6.45, 7) is 8.60. The molecular formula is C19H18N2. The van der Waals surface area contributed by atoms with E-state index in [-0.39, 0.29) is 0 Å². The minimum Gasteiger partial charge on any atom is -0.353 e. The smallest absolute Gasteiger partial charge is 0.0727 e. The number of aromatic nitrogens is 2. The van der Waals surface area contributed by atoms with E-state index >= 15 is 0 Å². The zero-order valence-electron chi connectivity index (χ0n) is 12.2. The van der Waals surface area contributed by atoms with E-state index in [0.29, 0.717) is 0 Å². The molecule has 1 N–H and O–H groups in total. The number of nitrogens with one attached hydrogen (secondary N) is 1. The first-order valence-electron chi connectivity index (χ1n) is 7.32. The fraction of sp³-hybridized carbons (Fsp3) is 0.158. The predicted octanol–water partition coefficient (Wildman–Crippen LogP) is 0.969. The van der Waals surface area contributed by atoms with Gasteiger partial charge in [0.2, 0.25) is 0 Å². The standard InChI is InChI=1S/C19H18N2/c1-12-14-8-4-6-10-16(14)20-18(12)19-13(2)15-9-5-7-11-17(15)21(19)3/h4,6,8-11,20H,1-2,5,7H2,3H3/b19-18+. The Kier molecular flexibility index (Phi) is 2.49. The molecular weight excluding hydrogens is 256 g/mol. The van der Waals surface area contributed by atoms with Crippen LogP contribution in [0.15, 0.2) is 24.3 Å². The van der Waals surface area contributed by atoms with Gasteiger partial charge >= 0.3 is 0 Å². The summed E-state index contributed by atoms with van der Waals surface area (Å²) in [6.07, 6.45) is 6.81. The lowest BCUT2D eigenvalue weighted by atomic mass is 10.1. The Labute approximate surface area is 122 Å². The van der Waals surface area contributed by atoms with Crippen LogP contribution in [-0.2, 0) is 7.05 Å². The van der Waals surface area contributed by atoms with Crippen LogP contribution in [0.3, 0.4) is 0 Å². The van der Waals surface area contributed by atoms with Crippen molar-refractivity contribution in [1.29, 1.82) is 0 Å². The van der Waals surface area contributed by atoms with E-state index in [1.165, 1.54) is 16.0 Å². The molecule has 0 saturated heterocycles. The molecule has 1 aromatic carbocycles. The van der Waals surface area contributed by atoms with Gasteiger partial charge in [-0.05, 0) is 18.9 Å². The predicted molar refractivity (Wildman–Crippen MR) is 89.1 cm³/mol. The summed E-state index contributed by atoms with van der Waals surface area (Å²) in [7, 11) is 2.11. The highest BCUT2D eigenvalue weighted by atomic mass is 14.9. The lowest BCUT2D eigenvalue weighted by Crippen LogP contribution is -2.35. The van der Waals surface area contributed by atoms with Crippen molar-refractivity contribution in [1.82, 2.24) is 9.55 Å². The van der Waals surface area contributed by atoms with Crippen molar-refractivity contribution in [3.63, 3.8) is 0 Å². The number of para-hydroxylation sites is 1. The van der Waals surface area contributed by atoms with Crippen LogP contribution in [0, 0.1) is 10.7 Å². The van der Waals surface area contributed by atoms with Gasteiger partial charge < -0.3 is 9.55 Å². The maximum Gasteiger partial charge on any atom is 0.0727 e. The zero-order valence-corrected chi connectivity index (χ0v) is 12.2. The Morgan fingerprint density at radius 2 is 1.81 bits per heavy atom. The van der Waals surface area contributed by atoms with E-state index in [9.17, 15) is 0 Å². The maximum absolute atomic E-state index is 4.32. The summed E-state index contributed by atoms with van der Waals surface area (Å²) >= 11 is 0. The van der Waals surface area contributed by atoms with Gasteiger partial charge in [-0.3, -0.25) is 0 Å². The first kappa shape index (κ1) is 12.3. The number of fused-ring (bicyclic) bond motifs is 2. The van der Waals surface area contributed by atoms with Crippen LogP contribution in [0.1, 0.15) is 12.8 Å². The van der Waals surface area contributed by atoms with Crippen LogP contribution in [0.25, 0.3) is 36.2 Å². The third-order valence-corrected chi connectivity index (χ3v) is 4.49. The molecule has 21 heavy (non-hydrogen) atoms. The summed E-state index contributed by atoms with van der Waals surface area (Å²) < 4.78 is 2.24. The van der Waals surface area contributed by atoms with Crippen molar-refractivity contribution in [3.05, 3.63) is 56.0 Å². The van der Waals surface area contributed by atoms with Gasteiger partial charge in [-0.25, -0.2) is 0 Å². The average Bonchev–Trinajstić information content (AvgIpc) is 2.96. The summed E-state index contributed by atoms with van der Waals surface area (Å²) in [5, 5.41) is 8.11. The molecule has 1 aliphatic rings. The van der Waals surface area contributed by atoms with Crippen LogP contribution in [0.2, 0.25) is 0 Å². The highest BCUT2D eigenvalue weighted by molar-refractivity contribution is 5.80. The molecule has 0 aliphatic heterocycles.